The Kier molecular flexibility index (Phi) is 3.63. The van der Waals surface area contributed by atoms with Crippen molar-refractivity contribution >= 4 is 34.4 Å². The fraction of sp³-hybridized carbons (Fsp3) is 0.200. The van der Waals surface area contributed by atoms with E-state index in [1.54, 1.807) is 11.8 Å². The molecule has 0 amide bonds. The Morgan fingerprint density at radius 3 is 2.93 bits per heavy atom. The van der Waals surface area contributed by atoms with Gasteiger partial charge >= 0.3 is 0 Å². The van der Waals surface area contributed by atoms with Crippen molar-refractivity contribution < 1.29 is 0 Å². The molecule has 0 radical (unpaired) electrons. The minimum Gasteiger partial charge on any atom is -0.320 e. The largest absolute Gasteiger partial charge is 0.320 e. The van der Waals surface area contributed by atoms with E-state index in [1.165, 1.54) is 9.13 Å². The fourth-order valence-corrected chi connectivity index (χ4v) is 2.58. The topological polar surface area (TPSA) is 41.6 Å². The van der Waals surface area contributed by atoms with Crippen molar-refractivity contribution in [3.05, 3.63) is 39.2 Å². The molecule has 0 saturated heterocycles. The van der Waals surface area contributed by atoms with Gasteiger partial charge in [0.15, 0.2) is 5.16 Å². The molecule has 3 nitrogen and oxygen atoms in total. The van der Waals surface area contributed by atoms with Gasteiger partial charge in [-0.15, -0.1) is 10.2 Å². The highest BCUT2D eigenvalue weighted by molar-refractivity contribution is 14.1. The monoisotopic (exact) mass is 331 g/mol. The second-order valence-electron chi connectivity index (χ2n) is 3.13. The Hall–Kier alpha value is -0.560. The molecule has 1 aromatic carbocycles. The van der Waals surface area contributed by atoms with Crippen LogP contribution in [-0.4, -0.2) is 15.2 Å². The van der Waals surface area contributed by atoms with E-state index in [0.29, 0.717) is 0 Å². The van der Waals surface area contributed by atoms with E-state index < -0.39 is 0 Å². The van der Waals surface area contributed by atoms with Gasteiger partial charge in [-0.2, -0.15) is 0 Å². The third kappa shape index (κ3) is 3.20. The molecule has 2 aromatic rings. The number of H-pyrrole nitrogens is 1. The summed E-state index contributed by atoms with van der Waals surface area (Å²) in [7, 11) is 0. The molecule has 15 heavy (non-hydrogen) atoms. The molecular formula is C10H10IN3S. The number of benzene rings is 1. The summed E-state index contributed by atoms with van der Waals surface area (Å²) in [5.74, 6) is 1.78. The van der Waals surface area contributed by atoms with Crippen LogP contribution in [0.25, 0.3) is 0 Å². The second-order valence-corrected chi connectivity index (χ2v) is 5.34. The molecule has 1 aromatic heterocycles. The van der Waals surface area contributed by atoms with E-state index in [9.17, 15) is 0 Å². The van der Waals surface area contributed by atoms with Gasteiger partial charge in [0.25, 0.3) is 0 Å². The SMILES string of the molecule is Cc1nnc(SCc2cccc(I)c2)[nH]1. The number of halogens is 1. The standard InChI is InChI=1S/C10H10IN3S/c1-7-12-10(14-13-7)15-6-8-3-2-4-9(11)5-8/h2-5H,6H2,1H3,(H,12,13,14). The first-order chi connectivity index (χ1) is 7.24. The number of aromatic nitrogens is 3. The van der Waals surface area contributed by atoms with E-state index in [-0.39, 0.29) is 0 Å². The van der Waals surface area contributed by atoms with E-state index in [2.05, 4.69) is 62.0 Å². The van der Waals surface area contributed by atoms with Gasteiger partial charge in [-0.3, -0.25) is 0 Å². The molecule has 0 unspecified atom stereocenters. The van der Waals surface area contributed by atoms with Crippen LogP contribution in [0.2, 0.25) is 0 Å². The molecule has 0 aliphatic heterocycles. The number of rotatable bonds is 3. The molecule has 1 N–H and O–H groups in total. The number of hydrogen-bond donors (Lipinski definition) is 1. The first-order valence-electron chi connectivity index (χ1n) is 4.50. The summed E-state index contributed by atoms with van der Waals surface area (Å²) in [5.41, 5.74) is 1.31. The van der Waals surface area contributed by atoms with Gasteiger partial charge in [0.05, 0.1) is 0 Å². The van der Waals surface area contributed by atoms with Gasteiger partial charge in [-0.1, -0.05) is 23.9 Å². The summed E-state index contributed by atoms with van der Waals surface area (Å²) in [6.07, 6.45) is 0. The van der Waals surface area contributed by atoms with Gasteiger partial charge in [0.2, 0.25) is 0 Å². The van der Waals surface area contributed by atoms with Crippen molar-refractivity contribution in [3.8, 4) is 0 Å². The van der Waals surface area contributed by atoms with Crippen LogP contribution in [-0.2, 0) is 5.75 Å². The predicted molar refractivity (Wildman–Crippen MR) is 69.8 cm³/mol. The molecule has 0 aliphatic rings. The minimum absolute atomic E-state index is 0.861. The molecule has 0 aliphatic carbocycles. The smallest absolute Gasteiger partial charge is 0.188 e. The second kappa shape index (κ2) is 4.98. The van der Waals surface area contributed by atoms with Crippen molar-refractivity contribution in [1.82, 2.24) is 15.2 Å². The average molecular weight is 331 g/mol. The lowest BCUT2D eigenvalue weighted by atomic mass is 10.2. The predicted octanol–water partition coefficient (Wildman–Crippen LogP) is 3.01. The Bertz CT molecular complexity index is 455. The van der Waals surface area contributed by atoms with Crippen LogP contribution in [0.3, 0.4) is 0 Å². The molecule has 0 atom stereocenters. The summed E-state index contributed by atoms with van der Waals surface area (Å²) in [6, 6.07) is 8.46. The molecule has 1 heterocycles. The molecule has 0 bridgehead atoms. The first kappa shape index (κ1) is 10.9. The van der Waals surface area contributed by atoms with Crippen LogP contribution in [0.1, 0.15) is 11.4 Å². The number of aromatic amines is 1. The summed E-state index contributed by atoms with van der Waals surface area (Å²) in [6.45, 7) is 1.91. The molecule has 0 fully saturated rings. The minimum atomic E-state index is 0.861. The maximum atomic E-state index is 4.01. The van der Waals surface area contributed by atoms with Crippen molar-refractivity contribution in [2.24, 2.45) is 0 Å². The molecule has 78 valence electrons. The van der Waals surface area contributed by atoms with Crippen LogP contribution in [0.15, 0.2) is 29.4 Å². The maximum Gasteiger partial charge on any atom is 0.188 e. The first-order valence-corrected chi connectivity index (χ1v) is 6.57. The van der Waals surface area contributed by atoms with Gasteiger partial charge in [0.1, 0.15) is 5.82 Å². The van der Waals surface area contributed by atoms with Crippen LogP contribution in [0.4, 0.5) is 0 Å². The molecule has 0 saturated carbocycles. The van der Waals surface area contributed by atoms with E-state index in [4.69, 9.17) is 0 Å². The summed E-state index contributed by atoms with van der Waals surface area (Å²) in [5, 5.41) is 8.81. The zero-order valence-corrected chi connectivity index (χ0v) is 11.2. The van der Waals surface area contributed by atoms with Crippen LogP contribution in [0, 0.1) is 10.5 Å². The number of nitrogens with zero attached hydrogens (tertiary/aromatic N) is 2. The molecular weight excluding hydrogens is 321 g/mol. The van der Waals surface area contributed by atoms with Crippen molar-refractivity contribution in [1.29, 1.82) is 0 Å². The zero-order valence-electron chi connectivity index (χ0n) is 8.20. The van der Waals surface area contributed by atoms with E-state index in [1.807, 2.05) is 6.92 Å². The van der Waals surface area contributed by atoms with Gasteiger partial charge in [-0.05, 0) is 47.2 Å². The van der Waals surface area contributed by atoms with E-state index >= 15 is 0 Å². The number of nitrogens with one attached hydrogen (secondary N) is 1. The summed E-state index contributed by atoms with van der Waals surface area (Å²) in [4.78, 5) is 3.10. The lowest BCUT2D eigenvalue weighted by molar-refractivity contribution is 0.969. The lowest BCUT2D eigenvalue weighted by Gasteiger charge is -1.99. The van der Waals surface area contributed by atoms with Gasteiger partial charge in [0, 0.05) is 9.32 Å². The Balaban J connectivity index is 1.99. The third-order valence-electron chi connectivity index (χ3n) is 1.84. The highest BCUT2D eigenvalue weighted by atomic mass is 127. The zero-order chi connectivity index (χ0) is 10.7. The summed E-state index contributed by atoms with van der Waals surface area (Å²) < 4.78 is 1.26. The maximum absolute atomic E-state index is 4.01. The number of hydrogen-bond acceptors (Lipinski definition) is 3. The normalized spacial score (nSPS) is 10.5. The van der Waals surface area contributed by atoms with E-state index in [0.717, 1.165) is 16.7 Å². The Morgan fingerprint density at radius 1 is 1.40 bits per heavy atom. The van der Waals surface area contributed by atoms with Crippen LogP contribution < -0.4 is 0 Å². The number of thioether (sulfide) groups is 1. The summed E-state index contributed by atoms with van der Waals surface area (Å²) >= 11 is 3.99. The number of aryl methyl sites for hydroxylation is 1. The highest BCUT2D eigenvalue weighted by Crippen LogP contribution is 2.19. The van der Waals surface area contributed by atoms with Crippen LogP contribution >= 0.6 is 34.4 Å². The quantitative estimate of drug-likeness (QED) is 0.694. The van der Waals surface area contributed by atoms with Gasteiger partial charge in [-0.25, -0.2) is 0 Å². The Morgan fingerprint density at radius 2 is 2.27 bits per heavy atom. The third-order valence-corrected chi connectivity index (χ3v) is 3.45. The highest BCUT2D eigenvalue weighted by Gasteiger charge is 2.00. The molecule has 5 heteroatoms. The van der Waals surface area contributed by atoms with Gasteiger partial charge < -0.3 is 4.98 Å². The van der Waals surface area contributed by atoms with Crippen molar-refractivity contribution in [2.75, 3.05) is 0 Å². The fourth-order valence-electron chi connectivity index (χ4n) is 1.17. The average Bonchev–Trinajstić information content (AvgIpc) is 2.62. The van der Waals surface area contributed by atoms with Crippen LogP contribution in [0.5, 0.6) is 0 Å². The molecule has 2 rings (SSSR count). The van der Waals surface area contributed by atoms with Crippen molar-refractivity contribution in [3.63, 3.8) is 0 Å². The Labute approximate surface area is 106 Å². The van der Waals surface area contributed by atoms with Crippen molar-refractivity contribution in [2.45, 2.75) is 17.8 Å². The molecule has 0 spiro atoms. The lowest BCUT2D eigenvalue weighted by Crippen LogP contribution is -1.83.